The Hall–Kier alpha value is -1.91. The van der Waals surface area contributed by atoms with Crippen LogP contribution in [0.2, 0.25) is 0 Å². The highest BCUT2D eigenvalue weighted by Gasteiger charge is 2.08. The summed E-state index contributed by atoms with van der Waals surface area (Å²) in [7, 11) is 0. The van der Waals surface area contributed by atoms with E-state index in [0.29, 0.717) is 5.56 Å². The van der Waals surface area contributed by atoms with Crippen LogP contribution in [0.1, 0.15) is 16.7 Å². The Labute approximate surface area is 97.3 Å². The third kappa shape index (κ3) is 3.86. The molecule has 0 aromatic heterocycles. The van der Waals surface area contributed by atoms with Crippen molar-refractivity contribution in [2.24, 2.45) is 0 Å². The van der Waals surface area contributed by atoms with Gasteiger partial charge in [0.15, 0.2) is 0 Å². The Bertz CT molecular complexity index is 453. The van der Waals surface area contributed by atoms with Crippen molar-refractivity contribution in [2.75, 3.05) is 0 Å². The molecule has 17 heavy (non-hydrogen) atoms. The molecule has 1 aromatic rings. The first kappa shape index (κ1) is 13.2. The SMILES string of the molecule is Cc1cc(OC(F)F)cc(/C=C/C(=O)O)c1C. The van der Waals surface area contributed by atoms with Gasteiger partial charge in [-0.2, -0.15) is 8.78 Å². The standard InChI is InChI=1S/C12H12F2O3/c1-7-5-10(17-12(13)14)6-9(8(7)2)3-4-11(15)16/h3-6,12H,1-2H3,(H,15,16)/b4-3+. The van der Waals surface area contributed by atoms with Gasteiger partial charge in [0, 0.05) is 6.08 Å². The molecule has 0 bridgehead atoms. The zero-order chi connectivity index (χ0) is 13.0. The number of carbonyl (C=O) groups is 1. The molecule has 0 amide bonds. The monoisotopic (exact) mass is 242 g/mol. The van der Waals surface area contributed by atoms with Crippen molar-refractivity contribution in [2.45, 2.75) is 20.5 Å². The van der Waals surface area contributed by atoms with Gasteiger partial charge in [-0.05, 0) is 48.7 Å². The van der Waals surface area contributed by atoms with Gasteiger partial charge in [0.25, 0.3) is 0 Å². The van der Waals surface area contributed by atoms with Crippen molar-refractivity contribution in [1.82, 2.24) is 0 Å². The zero-order valence-electron chi connectivity index (χ0n) is 9.41. The minimum Gasteiger partial charge on any atom is -0.478 e. The molecule has 5 heteroatoms. The van der Waals surface area contributed by atoms with Crippen LogP contribution in [0.5, 0.6) is 5.75 Å². The second kappa shape index (κ2) is 5.43. The van der Waals surface area contributed by atoms with E-state index in [9.17, 15) is 13.6 Å². The normalized spacial score (nSPS) is 11.1. The van der Waals surface area contributed by atoms with Gasteiger partial charge in [-0.3, -0.25) is 0 Å². The number of carboxylic acid groups (broad SMARTS) is 1. The predicted octanol–water partition coefficient (Wildman–Crippen LogP) is 3.00. The summed E-state index contributed by atoms with van der Waals surface area (Å²) < 4.78 is 28.4. The molecule has 0 radical (unpaired) electrons. The zero-order valence-corrected chi connectivity index (χ0v) is 9.41. The topological polar surface area (TPSA) is 46.5 Å². The molecule has 0 saturated heterocycles. The first-order valence-corrected chi connectivity index (χ1v) is 4.87. The van der Waals surface area contributed by atoms with E-state index in [1.807, 2.05) is 0 Å². The first-order chi connectivity index (χ1) is 7.90. The summed E-state index contributed by atoms with van der Waals surface area (Å²) in [5, 5.41) is 8.51. The van der Waals surface area contributed by atoms with E-state index in [-0.39, 0.29) is 5.75 Å². The summed E-state index contributed by atoms with van der Waals surface area (Å²) in [5.74, 6) is -1.07. The second-order valence-electron chi connectivity index (χ2n) is 3.50. The molecule has 0 unspecified atom stereocenters. The lowest BCUT2D eigenvalue weighted by Crippen LogP contribution is -2.03. The highest BCUT2D eigenvalue weighted by atomic mass is 19.3. The molecule has 0 atom stereocenters. The van der Waals surface area contributed by atoms with Crippen molar-refractivity contribution >= 4 is 12.0 Å². The molecule has 0 aliphatic rings. The summed E-state index contributed by atoms with van der Waals surface area (Å²) in [6.07, 6.45) is 2.30. The summed E-state index contributed by atoms with van der Waals surface area (Å²) in [5.41, 5.74) is 2.13. The summed E-state index contributed by atoms with van der Waals surface area (Å²) in [6.45, 7) is 0.628. The van der Waals surface area contributed by atoms with E-state index in [1.54, 1.807) is 13.8 Å². The van der Waals surface area contributed by atoms with Crippen LogP contribution in [0, 0.1) is 13.8 Å². The molecule has 0 saturated carbocycles. The maximum atomic E-state index is 12.1. The number of alkyl halides is 2. The van der Waals surface area contributed by atoms with Gasteiger partial charge in [0.2, 0.25) is 0 Å². The van der Waals surface area contributed by atoms with E-state index in [2.05, 4.69) is 4.74 Å². The number of hydrogen-bond donors (Lipinski definition) is 1. The van der Waals surface area contributed by atoms with Gasteiger partial charge in [-0.15, -0.1) is 0 Å². The van der Waals surface area contributed by atoms with Crippen LogP contribution in [-0.4, -0.2) is 17.7 Å². The van der Waals surface area contributed by atoms with Crippen molar-refractivity contribution in [1.29, 1.82) is 0 Å². The third-order valence-electron chi connectivity index (χ3n) is 2.31. The van der Waals surface area contributed by atoms with Gasteiger partial charge < -0.3 is 9.84 Å². The smallest absolute Gasteiger partial charge is 0.387 e. The van der Waals surface area contributed by atoms with Crippen LogP contribution in [0.4, 0.5) is 8.78 Å². The molecule has 0 heterocycles. The number of hydrogen-bond acceptors (Lipinski definition) is 2. The van der Waals surface area contributed by atoms with Crippen molar-refractivity contribution < 1.29 is 23.4 Å². The minimum absolute atomic E-state index is 0.0214. The third-order valence-corrected chi connectivity index (χ3v) is 2.31. The molecule has 1 rings (SSSR count). The average Bonchev–Trinajstić information content (AvgIpc) is 2.20. The number of aliphatic carboxylic acids is 1. The van der Waals surface area contributed by atoms with Crippen LogP contribution in [-0.2, 0) is 4.79 Å². The number of carboxylic acids is 1. The Morgan fingerprint density at radius 3 is 2.59 bits per heavy atom. The van der Waals surface area contributed by atoms with Gasteiger partial charge >= 0.3 is 12.6 Å². The summed E-state index contributed by atoms with van der Waals surface area (Å²) >= 11 is 0. The Balaban J connectivity index is 3.10. The predicted molar refractivity (Wildman–Crippen MR) is 59.2 cm³/mol. The minimum atomic E-state index is -2.89. The lowest BCUT2D eigenvalue weighted by atomic mass is 10.0. The molecule has 92 valence electrons. The number of halogens is 2. The van der Waals surface area contributed by atoms with E-state index in [4.69, 9.17) is 5.11 Å². The van der Waals surface area contributed by atoms with Crippen molar-refractivity contribution in [3.8, 4) is 5.75 Å². The molecular formula is C12H12F2O3. The van der Waals surface area contributed by atoms with E-state index in [1.165, 1.54) is 18.2 Å². The number of ether oxygens (including phenoxy) is 1. The first-order valence-electron chi connectivity index (χ1n) is 4.87. The fourth-order valence-electron chi connectivity index (χ4n) is 1.36. The van der Waals surface area contributed by atoms with Gasteiger partial charge in [-0.25, -0.2) is 4.79 Å². The highest BCUT2D eigenvalue weighted by molar-refractivity contribution is 5.85. The summed E-state index contributed by atoms with van der Waals surface area (Å²) in [6, 6.07) is 2.87. The van der Waals surface area contributed by atoms with Crippen LogP contribution in [0.3, 0.4) is 0 Å². The van der Waals surface area contributed by atoms with Gasteiger partial charge in [0.05, 0.1) is 0 Å². The Morgan fingerprint density at radius 2 is 2.06 bits per heavy atom. The molecule has 1 aromatic carbocycles. The quantitative estimate of drug-likeness (QED) is 0.825. The number of rotatable bonds is 4. The fourth-order valence-corrected chi connectivity index (χ4v) is 1.36. The molecule has 0 aliphatic carbocycles. The lowest BCUT2D eigenvalue weighted by Gasteiger charge is -2.10. The Kier molecular flexibility index (Phi) is 4.20. The van der Waals surface area contributed by atoms with E-state index in [0.717, 1.165) is 17.2 Å². The molecular weight excluding hydrogens is 230 g/mol. The summed E-state index contributed by atoms with van der Waals surface area (Å²) in [4.78, 5) is 10.4. The fraction of sp³-hybridized carbons (Fsp3) is 0.250. The van der Waals surface area contributed by atoms with Crippen LogP contribution in [0.15, 0.2) is 18.2 Å². The lowest BCUT2D eigenvalue weighted by molar-refractivity contribution is -0.131. The molecule has 3 nitrogen and oxygen atoms in total. The number of aryl methyl sites for hydroxylation is 1. The van der Waals surface area contributed by atoms with Crippen molar-refractivity contribution in [3.05, 3.63) is 34.9 Å². The van der Waals surface area contributed by atoms with Crippen molar-refractivity contribution in [3.63, 3.8) is 0 Å². The van der Waals surface area contributed by atoms with E-state index < -0.39 is 12.6 Å². The molecule has 0 spiro atoms. The molecule has 0 fully saturated rings. The largest absolute Gasteiger partial charge is 0.478 e. The van der Waals surface area contributed by atoms with E-state index >= 15 is 0 Å². The van der Waals surface area contributed by atoms with Gasteiger partial charge in [-0.1, -0.05) is 0 Å². The number of benzene rings is 1. The molecule has 0 aliphatic heterocycles. The second-order valence-corrected chi connectivity index (χ2v) is 3.50. The average molecular weight is 242 g/mol. The molecule has 1 N–H and O–H groups in total. The maximum absolute atomic E-state index is 12.1. The van der Waals surface area contributed by atoms with Gasteiger partial charge in [0.1, 0.15) is 5.75 Å². The van der Waals surface area contributed by atoms with Crippen LogP contribution < -0.4 is 4.74 Å². The van der Waals surface area contributed by atoms with Crippen LogP contribution in [0.25, 0.3) is 6.08 Å². The highest BCUT2D eigenvalue weighted by Crippen LogP contribution is 2.24. The Morgan fingerprint density at radius 1 is 1.41 bits per heavy atom. The maximum Gasteiger partial charge on any atom is 0.387 e. The van der Waals surface area contributed by atoms with Crippen LogP contribution >= 0.6 is 0 Å².